The maximum Gasteiger partial charge on any atom is 0.311 e. The fourth-order valence-corrected chi connectivity index (χ4v) is 3.02. The fraction of sp³-hybridized carbons (Fsp3) is 0.200. The van der Waals surface area contributed by atoms with Gasteiger partial charge in [0.1, 0.15) is 0 Å². The van der Waals surface area contributed by atoms with Crippen molar-refractivity contribution in [2.45, 2.75) is 6.42 Å². The van der Waals surface area contributed by atoms with Crippen LogP contribution in [0.1, 0.15) is 16.8 Å². The lowest BCUT2D eigenvalue weighted by Gasteiger charge is -2.16. The third-order valence-corrected chi connectivity index (χ3v) is 4.51. The minimum absolute atomic E-state index is 0.0162. The van der Waals surface area contributed by atoms with Crippen molar-refractivity contribution < 1.29 is 23.9 Å². The van der Waals surface area contributed by atoms with Crippen molar-refractivity contribution in [3.05, 3.63) is 65.2 Å². The average Bonchev–Trinajstić information content (AvgIpc) is 3.12. The maximum atomic E-state index is 12.2. The van der Waals surface area contributed by atoms with Gasteiger partial charge in [-0.2, -0.15) is 0 Å². The van der Waals surface area contributed by atoms with Crippen LogP contribution in [-0.2, 0) is 19.1 Å². The summed E-state index contributed by atoms with van der Waals surface area (Å²) >= 11 is 5.94. The third-order valence-electron chi connectivity index (χ3n) is 4.28. The molecule has 2 aromatic rings. The van der Waals surface area contributed by atoms with Crippen LogP contribution in [0.3, 0.4) is 0 Å². The van der Waals surface area contributed by atoms with Gasteiger partial charge in [-0.05, 0) is 30.3 Å². The predicted molar refractivity (Wildman–Crippen MR) is 105 cm³/mol. The summed E-state index contributed by atoms with van der Waals surface area (Å²) < 4.78 is 4.97. The molecule has 0 unspecified atom stereocenters. The molecule has 2 N–H and O–H groups in total. The highest BCUT2D eigenvalue weighted by molar-refractivity contribution is 6.31. The van der Waals surface area contributed by atoms with E-state index >= 15 is 0 Å². The molecule has 1 saturated heterocycles. The SMILES string of the molecule is O=C(COC(=O)[C@H]1CC(=O)N(c2cccc(Cl)c2)C1)NNC(=O)c1ccccc1. The van der Waals surface area contributed by atoms with E-state index in [1.54, 1.807) is 54.6 Å². The van der Waals surface area contributed by atoms with E-state index < -0.39 is 30.3 Å². The zero-order chi connectivity index (χ0) is 20.8. The summed E-state index contributed by atoms with van der Waals surface area (Å²) in [5.74, 6) is -2.77. The molecule has 0 saturated carbocycles. The number of nitrogens with one attached hydrogen (secondary N) is 2. The molecule has 0 radical (unpaired) electrons. The van der Waals surface area contributed by atoms with Gasteiger partial charge in [0.25, 0.3) is 11.8 Å². The van der Waals surface area contributed by atoms with Crippen molar-refractivity contribution in [1.82, 2.24) is 10.9 Å². The Bertz CT molecular complexity index is 935. The molecular weight excluding hydrogens is 398 g/mol. The first-order chi connectivity index (χ1) is 13.9. The summed E-state index contributed by atoms with van der Waals surface area (Å²) in [4.78, 5) is 49.5. The van der Waals surface area contributed by atoms with Gasteiger partial charge < -0.3 is 9.64 Å². The van der Waals surface area contributed by atoms with Crippen LogP contribution in [0.5, 0.6) is 0 Å². The summed E-state index contributed by atoms with van der Waals surface area (Å²) in [5, 5.41) is 0.482. The minimum atomic E-state index is -0.696. The predicted octanol–water partition coefficient (Wildman–Crippen LogP) is 1.70. The van der Waals surface area contributed by atoms with Gasteiger partial charge >= 0.3 is 5.97 Å². The molecule has 1 aliphatic heterocycles. The average molecular weight is 416 g/mol. The highest BCUT2D eigenvalue weighted by Gasteiger charge is 2.36. The molecular formula is C20H18ClN3O5. The molecule has 2 aromatic carbocycles. The van der Waals surface area contributed by atoms with Crippen molar-refractivity contribution >= 4 is 41.0 Å². The Morgan fingerprint density at radius 2 is 1.83 bits per heavy atom. The van der Waals surface area contributed by atoms with Crippen LogP contribution in [0.2, 0.25) is 5.02 Å². The van der Waals surface area contributed by atoms with Gasteiger partial charge in [0.05, 0.1) is 5.92 Å². The molecule has 9 heteroatoms. The fourth-order valence-electron chi connectivity index (χ4n) is 2.84. The lowest BCUT2D eigenvalue weighted by atomic mass is 10.1. The Morgan fingerprint density at radius 1 is 1.07 bits per heavy atom. The Hall–Kier alpha value is -3.39. The van der Waals surface area contributed by atoms with E-state index in [0.717, 1.165) is 0 Å². The number of rotatable bonds is 5. The number of benzene rings is 2. The number of amides is 3. The van der Waals surface area contributed by atoms with E-state index in [2.05, 4.69) is 10.9 Å². The van der Waals surface area contributed by atoms with Crippen molar-refractivity contribution in [1.29, 1.82) is 0 Å². The van der Waals surface area contributed by atoms with E-state index in [1.165, 1.54) is 4.90 Å². The summed E-state index contributed by atoms with van der Waals surface area (Å²) in [5.41, 5.74) is 5.36. The number of hydrogen-bond donors (Lipinski definition) is 2. The standard InChI is InChI=1S/C20H18ClN3O5/c21-15-7-4-8-16(10-15)24-11-14(9-18(24)26)20(28)29-12-17(25)22-23-19(27)13-5-2-1-3-6-13/h1-8,10,14H,9,11-12H2,(H,22,25)(H,23,27)/t14-/m0/s1. The lowest BCUT2D eigenvalue weighted by molar-refractivity contribution is -0.152. The van der Waals surface area contributed by atoms with Crippen molar-refractivity contribution in [3.8, 4) is 0 Å². The van der Waals surface area contributed by atoms with Crippen LogP contribution in [0.4, 0.5) is 5.69 Å². The monoisotopic (exact) mass is 415 g/mol. The van der Waals surface area contributed by atoms with Crippen molar-refractivity contribution in [3.63, 3.8) is 0 Å². The molecule has 1 fully saturated rings. The maximum absolute atomic E-state index is 12.2. The van der Waals surface area contributed by atoms with Crippen LogP contribution in [0.15, 0.2) is 54.6 Å². The van der Waals surface area contributed by atoms with Gasteiger partial charge in [-0.3, -0.25) is 30.0 Å². The number of halogens is 1. The molecule has 1 heterocycles. The Kier molecular flexibility index (Phi) is 6.46. The number of nitrogens with zero attached hydrogens (tertiary/aromatic N) is 1. The summed E-state index contributed by atoms with van der Waals surface area (Å²) in [6, 6.07) is 15.1. The first-order valence-corrected chi connectivity index (χ1v) is 9.18. The van der Waals surface area contributed by atoms with Crippen molar-refractivity contribution in [2.24, 2.45) is 5.92 Å². The van der Waals surface area contributed by atoms with E-state index in [1.807, 2.05) is 0 Å². The Balaban J connectivity index is 1.45. The Labute approximate surface area is 171 Å². The third kappa shape index (κ3) is 5.32. The first-order valence-electron chi connectivity index (χ1n) is 8.81. The van der Waals surface area contributed by atoms with E-state index in [-0.39, 0.29) is 18.9 Å². The van der Waals surface area contributed by atoms with E-state index in [0.29, 0.717) is 16.3 Å². The number of carbonyl (C=O) groups excluding carboxylic acids is 4. The van der Waals surface area contributed by atoms with Crippen LogP contribution < -0.4 is 15.8 Å². The van der Waals surface area contributed by atoms with Crippen molar-refractivity contribution in [2.75, 3.05) is 18.1 Å². The summed E-state index contributed by atoms with van der Waals surface area (Å²) in [7, 11) is 0. The van der Waals surface area contributed by atoms with E-state index in [9.17, 15) is 19.2 Å². The quantitative estimate of drug-likeness (QED) is 0.571. The number of esters is 1. The molecule has 3 rings (SSSR count). The van der Waals surface area contributed by atoms with E-state index in [4.69, 9.17) is 16.3 Å². The number of ether oxygens (including phenoxy) is 1. The van der Waals surface area contributed by atoms with Crippen LogP contribution in [0, 0.1) is 5.92 Å². The number of carbonyl (C=O) groups is 4. The topological polar surface area (TPSA) is 105 Å². The smallest absolute Gasteiger partial charge is 0.311 e. The molecule has 1 aliphatic rings. The van der Waals surface area contributed by atoms with Gasteiger partial charge in [0.2, 0.25) is 5.91 Å². The summed E-state index contributed by atoms with van der Waals surface area (Å²) in [6.45, 7) is -0.430. The zero-order valence-corrected chi connectivity index (χ0v) is 16.0. The van der Waals surface area contributed by atoms with Gasteiger partial charge in [0, 0.05) is 29.2 Å². The number of hydrazine groups is 1. The largest absolute Gasteiger partial charge is 0.455 e. The van der Waals surface area contributed by atoms with Gasteiger partial charge in [-0.25, -0.2) is 0 Å². The minimum Gasteiger partial charge on any atom is -0.455 e. The molecule has 150 valence electrons. The summed E-state index contributed by atoms with van der Waals surface area (Å²) in [6.07, 6.45) is -0.0162. The van der Waals surface area contributed by atoms with Gasteiger partial charge in [-0.15, -0.1) is 0 Å². The zero-order valence-electron chi connectivity index (χ0n) is 15.3. The molecule has 8 nitrogen and oxygen atoms in total. The molecule has 0 bridgehead atoms. The Morgan fingerprint density at radius 3 is 2.55 bits per heavy atom. The second-order valence-electron chi connectivity index (χ2n) is 6.36. The van der Waals surface area contributed by atoms with Crippen LogP contribution >= 0.6 is 11.6 Å². The molecule has 0 aliphatic carbocycles. The number of anilines is 1. The van der Waals surface area contributed by atoms with Crippen LogP contribution in [-0.4, -0.2) is 36.8 Å². The highest BCUT2D eigenvalue weighted by atomic mass is 35.5. The molecule has 3 amide bonds. The number of hydrogen-bond acceptors (Lipinski definition) is 5. The van der Waals surface area contributed by atoms with Gasteiger partial charge in [-0.1, -0.05) is 35.9 Å². The second-order valence-corrected chi connectivity index (χ2v) is 6.80. The first kappa shape index (κ1) is 20.3. The van der Waals surface area contributed by atoms with Gasteiger partial charge in [0.15, 0.2) is 6.61 Å². The highest BCUT2D eigenvalue weighted by Crippen LogP contribution is 2.27. The molecule has 0 spiro atoms. The molecule has 1 atom stereocenters. The second kappa shape index (κ2) is 9.20. The molecule has 0 aromatic heterocycles. The van der Waals surface area contributed by atoms with Crippen LogP contribution in [0.25, 0.3) is 0 Å². The molecule has 29 heavy (non-hydrogen) atoms. The lowest BCUT2D eigenvalue weighted by Crippen LogP contribution is -2.43. The normalized spacial score (nSPS) is 15.7.